The quantitative estimate of drug-likeness (QED) is 0.680. The van der Waals surface area contributed by atoms with Crippen molar-refractivity contribution in [2.45, 2.75) is 19.6 Å². The van der Waals surface area contributed by atoms with E-state index in [1.807, 2.05) is 12.1 Å². The van der Waals surface area contributed by atoms with Gasteiger partial charge < -0.3 is 15.2 Å². The van der Waals surface area contributed by atoms with E-state index in [1.165, 1.54) is 10.8 Å². The van der Waals surface area contributed by atoms with Crippen LogP contribution in [-0.2, 0) is 6.54 Å². The fraction of sp³-hybridized carbons (Fsp3) is 0.214. The molecule has 0 saturated carbocycles. The minimum Gasteiger partial charge on any atom is -0.389 e. The predicted molar refractivity (Wildman–Crippen MR) is 80.9 cm³/mol. The lowest BCUT2D eigenvalue weighted by atomic mass is 10.2. The molecule has 0 aliphatic rings. The molecule has 0 aliphatic heterocycles. The Labute approximate surface area is 126 Å². The van der Waals surface area contributed by atoms with Crippen LogP contribution in [0.1, 0.15) is 18.3 Å². The molecule has 110 valence electrons. The number of aliphatic hydroxyl groups excluding tert-OH is 1. The number of nitrogens with zero attached hydrogens (tertiary/aromatic N) is 3. The molecule has 2 rings (SSSR count). The molecular formula is C14H14ClN3O3. The Morgan fingerprint density at radius 2 is 2.29 bits per heavy atom. The highest BCUT2D eigenvalue weighted by atomic mass is 35.5. The highest BCUT2D eigenvalue weighted by Gasteiger charge is 2.19. The van der Waals surface area contributed by atoms with Crippen molar-refractivity contribution >= 4 is 29.6 Å². The van der Waals surface area contributed by atoms with Crippen LogP contribution in [0.2, 0.25) is 5.02 Å². The first-order valence-electron chi connectivity index (χ1n) is 6.29. The first-order chi connectivity index (χ1) is 9.97. The van der Waals surface area contributed by atoms with Crippen LogP contribution in [-0.4, -0.2) is 25.7 Å². The summed E-state index contributed by atoms with van der Waals surface area (Å²) in [5.74, 6) is 0.254. The number of rotatable bonds is 5. The van der Waals surface area contributed by atoms with Gasteiger partial charge in [0.05, 0.1) is 6.10 Å². The minimum absolute atomic E-state index is 0.103. The molecule has 0 fully saturated rings. The topological polar surface area (TPSA) is 81.2 Å². The standard InChI is InChI=1S/C14H14ClN3O3/c1-10(19)9-17-13(16-8-14(17)18(20)21)6-5-11-3-2-4-12(15)7-11/h2-8,10,19H,9H2,1H3/b6-5+. The van der Waals surface area contributed by atoms with E-state index in [0.29, 0.717) is 10.8 Å². The number of hydrogen-bond donors (Lipinski definition) is 1. The van der Waals surface area contributed by atoms with Gasteiger partial charge in [0, 0.05) is 11.1 Å². The van der Waals surface area contributed by atoms with Gasteiger partial charge in [0.25, 0.3) is 0 Å². The van der Waals surface area contributed by atoms with E-state index in [9.17, 15) is 15.2 Å². The van der Waals surface area contributed by atoms with Gasteiger partial charge in [-0.05, 0) is 35.6 Å². The average molecular weight is 308 g/mol. The number of benzene rings is 1. The number of imidazole rings is 1. The molecule has 1 atom stereocenters. The summed E-state index contributed by atoms with van der Waals surface area (Å²) in [4.78, 5) is 14.5. The van der Waals surface area contributed by atoms with Crippen LogP contribution in [0.25, 0.3) is 12.2 Å². The smallest absolute Gasteiger partial charge is 0.343 e. The molecule has 0 radical (unpaired) electrons. The summed E-state index contributed by atoms with van der Waals surface area (Å²) in [6, 6.07) is 7.21. The number of aliphatic hydroxyl groups is 1. The normalized spacial score (nSPS) is 12.7. The maximum atomic E-state index is 11.0. The molecule has 0 amide bonds. The molecular weight excluding hydrogens is 294 g/mol. The Morgan fingerprint density at radius 1 is 1.52 bits per heavy atom. The van der Waals surface area contributed by atoms with Crippen LogP contribution in [0.4, 0.5) is 5.82 Å². The molecule has 2 aromatic rings. The van der Waals surface area contributed by atoms with Crippen molar-refractivity contribution in [2.75, 3.05) is 0 Å². The summed E-state index contributed by atoms with van der Waals surface area (Å²) in [5, 5.41) is 21.0. The molecule has 1 unspecified atom stereocenters. The first-order valence-corrected chi connectivity index (χ1v) is 6.67. The fourth-order valence-electron chi connectivity index (χ4n) is 1.89. The van der Waals surface area contributed by atoms with E-state index >= 15 is 0 Å². The van der Waals surface area contributed by atoms with Crippen molar-refractivity contribution in [1.82, 2.24) is 9.55 Å². The largest absolute Gasteiger partial charge is 0.389 e. The van der Waals surface area contributed by atoms with Gasteiger partial charge in [0.1, 0.15) is 12.7 Å². The van der Waals surface area contributed by atoms with Crippen molar-refractivity contribution in [3.05, 3.63) is 57.0 Å². The second kappa shape index (κ2) is 6.51. The Morgan fingerprint density at radius 3 is 2.90 bits per heavy atom. The number of aromatic nitrogens is 2. The third-order valence-corrected chi connectivity index (χ3v) is 3.01. The molecule has 21 heavy (non-hydrogen) atoms. The van der Waals surface area contributed by atoms with E-state index in [-0.39, 0.29) is 12.4 Å². The number of halogens is 1. The molecule has 1 aromatic heterocycles. The maximum absolute atomic E-state index is 11.0. The Bertz CT molecular complexity index is 680. The van der Waals surface area contributed by atoms with Crippen molar-refractivity contribution in [3.8, 4) is 0 Å². The summed E-state index contributed by atoms with van der Waals surface area (Å²) in [6.45, 7) is 1.67. The lowest BCUT2D eigenvalue weighted by Crippen LogP contribution is -2.14. The molecule has 0 spiro atoms. The summed E-state index contributed by atoms with van der Waals surface area (Å²) in [6.07, 6.45) is 3.88. The highest BCUT2D eigenvalue weighted by molar-refractivity contribution is 6.30. The molecule has 7 heteroatoms. The van der Waals surface area contributed by atoms with Gasteiger partial charge in [-0.1, -0.05) is 23.7 Å². The van der Waals surface area contributed by atoms with Crippen LogP contribution >= 0.6 is 11.6 Å². The van der Waals surface area contributed by atoms with Crippen molar-refractivity contribution in [3.63, 3.8) is 0 Å². The lowest BCUT2D eigenvalue weighted by Gasteiger charge is -2.04. The van der Waals surface area contributed by atoms with Crippen LogP contribution in [0.3, 0.4) is 0 Å². The van der Waals surface area contributed by atoms with Crippen molar-refractivity contribution in [2.24, 2.45) is 0 Å². The number of nitro groups is 1. The molecule has 0 aliphatic carbocycles. The minimum atomic E-state index is -0.712. The summed E-state index contributed by atoms with van der Waals surface area (Å²) >= 11 is 5.90. The molecule has 6 nitrogen and oxygen atoms in total. The third-order valence-electron chi connectivity index (χ3n) is 2.77. The zero-order chi connectivity index (χ0) is 15.4. The Kier molecular flexibility index (Phi) is 4.72. The van der Waals surface area contributed by atoms with E-state index in [2.05, 4.69) is 4.98 Å². The average Bonchev–Trinajstić information content (AvgIpc) is 2.79. The monoisotopic (exact) mass is 307 g/mol. The van der Waals surface area contributed by atoms with E-state index in [4.69, 9.17) is 11.6 Å². The maximum Gasteiger partial charge on any atom is 0.343 e. The molecule has 1 heterocycles. The van der Waals surface area contributed by atoms with Crippen molar-refractivity contribution in [1.29, 1.82) is 0 Å². The van der Waals surface area contributed by atoms with Crippen LogP contribution < -0.4 is 0 Å². The second-order valence-corrected chi connectivity index (χ2v) is 5.02. The van der Waals surface area contributed by atoms with Crippen molar-refractivity contribution < 1.29 is 10.0 Å². The van der Waals surface area contributed by atoms with Crippen LogP contribution in [0.5, 0.6) is 0 Å². The number of hydrogen-bond acceptors (Lipinski definition) is 4. The lowest BCUT2D eigenvalue weighted by molar-refractivity contribution is -0.392. The molecule has 1 aromatic carbocycles. The summed E-state index contributed by atoms with van der Waals surface area (Å²) in [7, 11) is 0. The van der Waals surface area contributed by atoms with Crippen LogP contribution in [0.15, 0.2) is 30.5 Å². The van der Waals surface area contributed by atoms with Gasteiger partial charge in [-0.3, -0.25) is 0 Å². The zero-order valence-corrected chi connectivity index (χ0v) is 12.1. The zero-order valence-electron chi connectivity index (χ0n) is 11.3. The highest BCUT2D eigenvalue weighted by Crippen LogP contribution is 2.18. The molecule has 0 bridgehead atoms. The summed E-state index contributed by atoms with van der Waals surface area (Å²) < 4.78 is 1.37. The van der Waals surface area contributed by atoms with Gasteiger partial charge in [-0.2, -0.15) is 0 Å². The van der Waals surface area contributed by atoms with Gasteiger partial charge in [0.15, 0.2) is 0 Å². The Balaban J connectivity index is 2.33. The van der Waals surface area contributed by atoms with Gasteiger partial charge in [-0.25, -0.2) is 9.55 Å². The van der Waals surface area contributed by atoms with E-state index in [0.717, 1.165) is 5.56 Å². The molecule has 0 saturated heterocycles. The van der Waals surface area contributed by atoms with Gasteiger partial charge in [0.2, 0.25) is 5.82 Å². The first kappa shape index (κ1) is 15.2. The molecule has 1 N–H and O–H groups in total. The van der Waals surface area contributed by atoms with Crippen LogP contribution in [0, 0.1) is 10.1 Å². The second-order valence-electron chi connectivity index (χ2n) is 4.58. The fourth-order valence-corrected chi connectivity index (χ4v) is 2.09. The Hall–Kier alpha value is -2.18. The van der Waals surface area contributed by atoms with E-state index < -0.39 is 11.0 Å². The third kappa shape index (κ3) is 3.90. The predicted octanol–water partition coefficient (Wildman–Crippen LogP) is 3.00. The van der Waals surface area contributed by atoms with Gasteiger partial charge in [-0.15, -0.1) is 0 Å². The summed E-state index contributed by atoms with van der Waals surface area (Å²) in [5.41, 5.74) is 0.858. The van der Waals surface area contributed by atoms with E-state index in [1.54, 1.807) is 31.2 Å². The SMILES string of the molecule is CC(O)Cn1c([N+](=O)[O-])cnc1/C=C/c1cccc(Cl)c1. The van der Waals surface area contributed by atoms with Gasteiger partial charge >= 0.3 is 5.82 Å².